The molecule has 2 saturated heterocycles. The molecule has 0 spiro atoms. The van der Waals surface area contributed by atoms with Crippen molar-refractivity contribution >= 4 is 0 Å². The van der Waals surface area contributed by atoms with E-state index in [9.17, 15) is 0 Å². The molecule has 2 heterocycles. The molecule has 3 fully saturated rings. The molecule has 0 bridgehead atoms. The highest BCUT2D eigenvalue weighted by molar-refractivity contribution is 4.91. The maximum absolute atomic E-state index is 3.99. The van der Waals surface area contributed by atoms with Crippen molar-refractivity contribution in [2.24, 2.45) is 11.3 Å². The Bertz CT molecular complexity index is 300. The minimum absolute atomic E-state index is 0.542. The Morgan fingerprint density at radius 1 is 1.05 bits per heavy atom. The average Bonchev–Trinajstić information content (AvgIpc) is 2.37. The Hall–Kier alpha value is -0.0800. The number of rotatable bonds is 2. The fourth-order valence-corrected chi connectivity index (χ4v) is 4.73. The van der Waals surface area contributed by atoms with Crippen LogP contribution in [0, 0.1) is 11.3 Å². The minimum Gasteiger partial charge on any atom is -0.310 e. The van der Waals surface area contributed by atoms with Crippen LogP contribution < -0.4 is 5.32 Å². The van der Waals surface area contributed by atoms with Gasteiger partial charge >= 0.3 is 0 Å². The van der Waals surface area contributed by atoms with Gasteiger partial charge in [-0.25, -0.2) is 0 Å². The Morgan fingerprint density at radius 3 is 2.74 bits per heavy atom. The lowest BCUT2D eigenvalue weighted by Gasteiger charge is -2.44. The number of likely N-dealkylation sites (tertiary alicyclic amines) is 1. The number of piperidine rings is 2. The molecule has 0 aromatic rings. The summed E-state index contributed by atoms with van der Waals surface area (Å²) < 4.78 is 0. The van der Waals surface area contributed by atoms with Gasteiger partial charge in [0.15, 0.2) is 0 Å². The van der Waals surface area contributed by atoms with E-state index in [0.717, 1.165) is 18.0 Å². The minimum atomic E-state index is 0.542. The summed E-state index contributed by atoms with van der Waals surface area (Å²) in [6.07, 6.45) is 11.6. The largest absolute Gasteiger partial charge is 0.310 e. The van der Waals surface area contributed by atoms with Gasteiger partial charge in [0, 0.05) is 25.2 Å². The van der Waals surface area contributed by atoms with Gasteiger partial charge in [-0.15, -0.1) is 0 Å². The molecule has 110 valence electrons. The summed E-state index contributed by atoms with van der Waals surface area (Å²) in [5.74, 6) is 1.00. The maximum Gasteiger partial charge on any atom is 0.0197 e. The van der Waals surface area contributed by atoms with Crippen LogP contribution in [0.2, 0.25) is 0 Å². The van der Waals surface area contributed by atoms with Crippen LogP contribution in [0.15, 0.2) is 0 Å². The number of fused-ring (bicyclic) bond motifs is 1. The van der Waals surface area contributed by atoms with E-state index in [-0.39, 0.29) is 0 Å². The third-order valence-corrected chi connectivity index (χ3v) is 5.70. The quantitative estimate of drug-likeness (QED) is 0.822. The van der Waals surface area contributed by atoms with Crippen LogP contribution in [0.4, 0.5) is 0 Å². The molecule has 0 aromatic carbocycles. The van der Waals surface area contributed by atoms with Gasteiger partial charge in [0.2, 0.25) is 0 Å². The summed E-state index contributed by atoms with van der Waals surface area (Å²) in [5, 5.41) is 3.99. The van der Waals surface area contributed by atoms with Crippen molar-refractivity contribution in [1.82, 2.24) is 10.2 Å². The maximum atomic E-state index is 3.99. The molecular formula is C17H32N2. The van der Waals surface area contributed by atoms with Crippen LogP contribution in [0.5, 0.6) is 0 Å². The third-order valence-electron chi connectivity index (χ3n) is 5.70. The zero-order chi connectivity index (χ0) is 13.3. The molecule has 2 heteroatoms. The molecule has 2 nitrogen and oxygen atoms in total. The van der Waals surface area contributed by atoms with E-state index >= 15 is 0 Å². The fourth-order valence-electron chi connectivity index (χ4n) is 4.73. The van der Waals surface area contributed by atoms with Gasteiger partial charge in [0.25, 0.3) is 0 Å². The monoisotopic (exact) mass is 264 g/mol. The summed E-state index contributed by atoms with van der Waals surface area (Å²) in [4.78, 5) is 2.73. The Morgan fingerprint density at radius 2 is 1.89 bits per heavy atom. The van der Waals surface area contributed by atoms with Crippen molar-refractivity contribution in [3.63, 3.8) is 0 Å². The molecule has 1 aliphatic carbocycles. The van der Waals surface area contributed by atoms with E-state index in [0.29, 0.717) is 5.41 Å². The van der Waals surface area contributed by atoms with E-state index in [4.69, 9.17) is 0 Å². The first-order chi connectivity index (χ1) is 9.12. The molecule has 2 aliphatic heterocycles. The molecule has 3 rings (SSSR count). The van der Waals surface area contributed by atoms with E-state index in [1.54, 1.807) is 0 Å². The molecule has 0 aromatic heterocycles. The Balaban J connectivity index is 1.50. The highest BCUT2D eigenvalue weighted by atomic mass is 15.2. The van der Waals surface area contributed by atoms with Crippen molar-refractivity contribution in [1.29, 1.82) is 0 Å². The van der Waals surface area contributed by atoms with Gasteiger partial charge in [0.1, 0.15) is 0 Å². The second-order valence-corrected chi connectivity index (χ2v) is 8.09. The van der Waals surface area contributed by atoms with Gasteiger partial charge in [-0.2, -0.15) is 0 Å². The zero-order valence-electron chi connectivity index (χ0n) is 13.0. The second kappa shape index (κ2) is 5.73. The SMILES string of the molecule is CC1(C)CCCN(CC2CCC3CCCCC3N2)C1. The first kappa shape index (κ1) is 13.9. The summed E-state index contributed by atoms with van der Waals surface area (Å²) in [6.45, 7) is 8.80. The van der Waals surface area contributed by atoms with Crippen molar-refractivity contribution in [2.45, 2.75) is 77.3 Å². The number of nitrogens with zero attached hydrogens (tertiary/aromatic N) is 1. The third kappa shape index (κ3) is 3.52. The topological polar surface area (TPSA) is 15.3 Å². The number of hydrogen-bond donors (Lipinski definition) is 1. The second-order valence-electron chi connectivity index (χ2n) is 8.09. The average molecular weight is 264 g/mol. The van der Waals surface area contributed by atoms with E-state index < -0.39 is 0 Å². The van der Waals surface area contributed by atoms with Crippen molar-refractivity contribution in [2.75, 3.05) is 19.6 Å². The van der Waals surface area contributed by atoms with Crippen molar-refractivity contribution in [3.05, 3.63) is 0 Å². The Labute approximate surface area is 119 Å². The predicted octanol–water partition coefficient (Wildman–Crippen LogP) is 3.42. The van der Waals surface area contributed by atoms with Crippen LogP contribution in [0.3, 0.4) is 0 Å². The van der Waals surface area contributed by atoms with Crippen LogP contribution >= 0.6 is 0 Å². The Kier molecular flexibility index (Phi) is 4.19. The molecule has 3 unspecified atom stereocenters. The number of hydrogen-bond acceptors (Lipinski definition) is 2. The summed E-state index contributed by atoms with van der Waals surface area (Å²) >= 11 is 0. The normalized spacial score (nSPS) is 39.8. The highest BCUT2D eigenvalue weighted by Crippen LogP contribution is 2.33. The molecule has 3 aliphatic rings. The molecule has 1 N–H and O–H groups in total. The summed E-state index contributed by atoms with van der Waals surface area (Å²) in [5.41, 5.74) is 0.542. The van der Waals surface area contributed by atoms with Crippen LogP contribution in [0.1, 0.15) is 65.2 Å². The van der Waals surface area contributed by atoms with Crippen LogP contribution in [-0.4, -0.2) is 36.6 Å². The first-order valence-electron chi connectivity index (χ1n) is 8.61. The molecule has 1 saturated carbocycles. The van der Waals surface area contributed by atoms with E-state index in [1.807, 2.05) is 0 Å². The lowest BCUT2D eigenvalue weighted by atomic mass is 9.77. The first-order valence-corrected chi connectivity index (χ1v) is 8.61. The predicted molar refractivity (Wildman–Crippen MR) is 81.4 cm³/mol. The molecular weight excluding hydrogens is 232 g/mol. The summed E-state index contributed by atoms with van der Waals surface area (Å²) in [7, 11) is 0. The van der Waals surface area contributed by atoms with E-state index in [1.165, 1.54) is 71.0 Å². The molecule has 0 amide bonds. The van der Waals surface area contributed by atoms with Crippen molar-refractivity contribution in [3.8, 4) is 0 Å². The number of nitrogens with one attached hydrogen (secondary N) is 1. The van der Waals surface area contributed by atoms with Gasteiger partial charge in [-0.1, -0.05) is 26.7 Å². The molecule has 0 radical (unpaired) electrons. The van der Waals surface area contributed by atoms with Gasteiger partial charge < -0.3 is 10.2 Å². The summed E-state index contributed by atoms with van der Waals surface area (Å²) in [6, 6.07) is 1.62. The molecule has 3 atom stereocenters. The van der Waals surface area contributed by atoms with Gasteiger partial charge in [0.05, 0.1) is 0 Å². The lowest BCUT2D eigenvalue weighted by Crippen LogP contribution is -2.54. The molecule has 19 heavy (non-hydrogen) atoms. The fraction of sp³-hybridized carbons (Fsp3) is 1.00. The van der Waals surface area contributed by atoms with Crippen LogP contribution in [0.25, 0.3) is 0 Å². The zero-order valence-corrected chi connectivity index (χ0v) is 13.0. The van der Waals surface area contributed by atoms with E-state index in [2.05, 4.69) is 24.1 Å². The lowest BCUT2D eigenvalue weighted by molar-refractivity contribution is 0.0868. The van der Waals surface area contributed by atoms with Crippen molar-refractivity contribution < 1.29 is 0 Å². The standard InChI is InChI=1S/C17H32N2/c1-17(2)10-5-11-19(13-17)12-15-9-8-14-6-3-4-7-16(14)18-15/h14-16,18H,3-13H2,1-2H3. The highest BCUT2D eigenvalue weighted by Gasteiger charge is 2.33. The van der Waals surface area contributed by atoms with Gasteiger partial charge in [-0.3, -0.25) is 0 Å². The van der Waals surface area contributed by atoms with Crippen LogP contribution in [-0.2, 0) is 0 Å². The van der Waals surface area contributed by atoms with Gasteiger partial charge in [-0.05, 0) is 56.4 Å². The smallest absolute Gasteiger partial charge is 0.0197 e.